The number of methoxy groups -OCH3 is 1. The smallest absolute Gasteiger partial charge is 0.339 e. The lowest BCUT2D eigenvalue weighted by Crippen LogP contribution is -2.05. The summed E-state index contributed by atoms with van der Waals surface area (Å²) in [4.78, 5) is 27.1. The highest BCUT2D eigenvalue weighted by Crippen LogP contribution is 2.21. The molecule has 0 atom stereocenters. The van der Waals surface area contributed by atoms with E-state index in [4.69, 9.17) is 4.74 Å². The molecule has 0 aliphatic heterocycles. The van der Waals surface area contributed by atoms with Crippen LogP contribution in [-0.2, 0) is 9.53 Å². The van der Waals surface area contributed by atoms with Crippen LogP contribution in [0.5, 0.6) is 0 Å². The molecule has 3 aromatic rings. The Hall–Kier alpha value is -3.15. The van der Waals surface area contributed by atoms with Crippen molar-refractivity contribution in [3.63, 3.8) is 0 Å². The summed E-state index contributed by atoms with van der Waals surface area (Å²) in [6.07, 6.45) is 3.53. The Morgan fingerprint density at radius 3 is 2.48 bits per heavy atom. The highest BCUT2D eigenvalue weighted by molar-refractivity contribution is 5.90. The van der Waals surface area contributed by atoms with Crippen molar-refractivity contribution in [1.29, 1.82) is 0 Å². The number of pyridine rings is 1. The fraction of sp³-hybridized carbons (Fsp3) is 0.118. The Kier molecular flexibility index (Phi) is 3.80. The summed E-state index contributed by atoms with van der Waals surface area (Å²) in [5, 5.41) is 2.72. The maximum Gasteiger partial charge on any atom is 0.339 e. The van der Waals surface area contributed by atoms with Gasteiger partial charge in [-0.25, -0.2) is 9.78 Å². The van der Waals surface area contributed by atoms with Crippen molar-refractivity contribution in [2.75, 3.05) is 12.4 Å². The number of benzene rings is 1. The standard InChI is InChI=1S/C17H15N3O3/c1-11(21)18-14-6-3-12(4-7-14)15-10-20-9-13(17(22)23-2)5-8-16(20)19-15/h3-10H,1-2H3,(H,18,21). The molecule has 2 aromatic heterocycles. The number of amides is 1. The average Bonchev–Trinajstić information content (AvgIpc) is 2.97. The first kappa shape index (κ1) is 14.8. The third-order valence-electron chi connectivity index (χ3n) is 3.37. The summed E-state index contributed by atoms with van der Waals surface area (Å²) < 4.78 is 6.50. The van der Waals surface area contributed by atoms with Crippen LogP contribution < -0.4 is 5.32 Å². The molecule has 23 heavy (non-hydrogen) atoms. The van der Waals surface area contributed by atoms with E-state index in [9.17, 15) is 9.59 Å². The molecule has 0 saturated carbocycles. The van der Waals surface area contributed by atoms with Crippen LogP contribution in [0.1, 0.15) is 17.3 Å². The van der Waals surface area contributed by atoms with Gasteiger partial charge in [-0.3, -0.25) is 4.79 Å². The molecule has 1 aromatic carbocycles. The first-order chi connectivity index (χ1) is 11.1. The first-order valence-electron chi connectivity index (χ1n) is 7.02. The Balaban J connectivity index is 1.93. The second-order valence-corrected chi connectivity index (χ2v) is 5.06. The van der Waals surface area contributed by atoms with Crippen LogP contribution in [0.25, 0.3) is 16.9 Å². The van der Waals surface area contributed by atoms with E-state index in [2.05, 4.69) is 10.3 Å². The quantitative estimate of drug-likeness (QED) is 0.755. The van der Waals surface area contributed by atoms with Crippen LogP contribution in [0.4, 0.5) is 5.69 Å². The molecular formula is C17H15N3O3. The number of imidazole rings is 1. The number of carbonyl (C=O) groups is 2. The number of fused-ring (bicyclic) bond motifs is 1. The van der Waals surface area contributed by atoms with Gasteiger partial charge >= 0.3 is 5.97 Å². The SMILES string of the molecule is COC(=O)c1ccc2nc(-c3ccc(NC(C)=O)cc3)cn2c1. The Labute approximate surface area is 132 Å². The van der Waals surface area contributed by atoms with Crippen LogP contribution in [0.3, 0.4) is 0 Å². The number of hydrogen-bond donors (Lipinski definition) is 1. The van der Waals surface area contributed by atoms with E-state index in [0.717, 1.165) is 22.6 Å². The maximum atomic E-state index is 11.6. The fourth-order valence-corrected chi connectivity index (χ4v) is 2.30. The molecule has 0 bridgehead atoms. The Morgan fingerprint density at radius 2 is 1.83 bits per heavy atom. The van der Waals surface area contributed by atoms with Crippen molar-refractivity contribution in [1.82, 2.24) is 9.38 Å². The second kappa shape index (κ2) is 5.92. The van der Waals surface area contributed by atoms with E-state index in [1.165, 1.54) is 14.0 Å². The van der Waals surface area contributed by atoms with Crippen molar-refractivity contribution < 1.29 is 14.3 Å². The van der Waals surface area contributed by atoms with Gasteiger partial charge in [0.05, 0.1) is 18.4 Å². The minimum atomic E-state index is -0.387. The molecule has 2 heterocycles. The number of nitrogens with zero attached hydrogens (tertiary/aromatic N) is 2. The molecule has 1 N–H and O–H groups in total. The van der Waals surface area contributed by atoms with Gasteiger partial charge in [0.15, 0.2) is 0 Å². The normalized spacial score (nSPS) is 10.5. The number of rotatable bonds is 3. The van der Waals surface area contributed by atoms with Gasteiger partial charge in [-0.15, -0.1) is 0 Å². The Morgan fingerprint density at radius 1 is 1.09 bits per heavy atom. The van der Waals surface area contributed by atoms with Crippen LogP contribution >= 0.6 is 0 Å². The average molecular weight is 309 g/mol. The van der Waals surface area contributed by atoms with E-state index in [0.29, 0.717) is 5.56 Å². The van der Waals surface area contributed by atoms with E-state index in [1.54, 1.807) is 22.7 Å². The summed E-state index contributed by atoms with van der Waals surface area (Å²) in [6, 6.07) is 10.9. The molecule has 1 amide bonds. The molecule has 6 heteroatoms. The summed E-state index contributed by atoms with van der Waals surface area (Å²) >= 11 is 0. The van der Waals surface area contributed by atoms with Crippen molar-refractivity contribution >= 4 is 23.2 Å². The topological polar surface area (TPSA) is 72.7 Å². The molecule has 116 valence electrons. The van der Waals surface area contributed by atoms with Crippen molar-refractivity contribution in [2.24, 2.45) is 0 Å². The maximum absolute atomic E-state index is 11.6. The van der Waals surface area contributed by atoms with Crippen molar-refractivity contribution in [3.8, 4) is 11.3 Å². The lowest BCUT2D eigenvalue weighted by Gasteiger charge is -2.02. The molecule has 0 unspecified atom stereocenters. The molecule has 0 aliphatic rings. The number of esters is 1. The van der Waals surface area contributed by atoms with Crippen molar-refractivity contribution in [2.45, 2.75) is 6.92 Å². The molecular weight excluding hydrogens is 294 g/mol. The van der Waals surface area contributed by atoms with Crippen LogP contribution in [0.15, 0.2) is 48.8 Å². The highest BCUT2D eigenvalue weighted by atomic mass is 16.5. The molecule has 3 rings (SSSR count). The molecule has 0 radical (unpaired) electrons. The van der Waals surface area contributed by atoms with Gasteiger partial charge in [-0.05, 0) is 24.3 Å². The van der Waals surface area contributed by atoms with Gasteiger partial charge in [0.2, 0.25) is 5.91 Å². The number of hydrogen-bond acceptors (Lipinski definition) is 4. The van der Waals surface area contributed by atoms with Gasteiger partial charge < -0.3 is 14.5 Å². The summed E-state index contributed by atoms with van der Waals surface area (Å²) in [7, 11) is 1.35. The fourth-order valence-electron chi connectivity index (χ4n) is 2.30. The molecule has 0 spiro atoms. The first-order valence-corrected chi connectivity index (χ1v) is 7.02. The number of carbonyl (C=O) groups excluding carboxylic acids is 2. The predicted molar refractivity (Wildman–Crippen MR) is 86.3 cm³/mol. The lowest BCUT2D eigenvalue weighted by molar-refractivity contribution is -0.114. The zero-order valence-electron chi connectivity index (χ0n) is 12.7. The van der Waals surface area contributed by atoms with Crippen molar-refractivity contribution in [3.05, 3.63) is 54.4 Å². The van der Waals surface area contributed by atoms with Gasteiger partial charge in [-0.2, -0.15) is 0 Å². The Bertz CT molecular complexity index is 882. The van der Waals surface area contributed by atoms with Gasteiger partial charge in [0, 0.05) is 30.6 Å². The van der Waals surface area contributed by atoms with Gasteiger partial charge in [0.25, 0.3) is 0 Å². The van der Waals surface area contributed by atoms with Crippen LogP contribution in [-0.4, -0.2) is 28.4 Å². The largest absolute Gasteiger partial charge is 0.465 e. The minimum Gasteiger partial charge on any atom is -0.465 e. The summed E-state index contributed by atoms with van der Waals surface area (Å²) in [5.74, 6) is -0.498. The van der Waals surface area contributed by atoms with Crippen LogP contribution in [0, 0.1) is 0 Å². The summed E-state index contributed by atoms with van der Waals surface area (Å²) in [6.45, 7) is 1.47. The van der Waals surface area contributed by atoms with Gasteiger partial charge in [0.1, 0.15) is 5.65 Å². The molecule has 0 saturated heterocycles. The zero-order valence-corrected chi connectivity index (χ0v) is 12.7. The van der Waals surface area contributed by atoms with E-state index < -0.39 is 0 Å². The third-order valence-corrected chi connectivity index (χ3v) is 3.37. The van der Waals surface area contributed by atoms with E-state index in [1.807, 2.05) is 30.5 Å². The summed E-state index contributed by atoms with van der Waals surface area (Å²) in [5.41, 5.74) is 3.63. The predicted octanol–water partition coefficient (Wildman–Crippen LogP) is 2.75. The van der Waals surface area contributed by atoms with E-state index in [-0.39, 0.29) is 11.9 Å². The minimum absolute atomic E-state index is 0.110. The number of ether oxygens (including phenoxy) is 1. The monoisotopic (exact) mass is 309 g/mol. The second-order valence-electron chi connectivity index (χ2n) is 5.06. The number of nitrogens with one attached hydrogen (secondary N) is 1. The number of aromatic nitrogens is 2. The van der Waals surface area contributed by atoms with Crippen LogP contribution in [0.2, 0.25) is 0 Å². The lowest BCUT2D eigenvalue weighted by atomic mass is 10.1. The molecule has 0 fully saturated rings. The molecule has 6 nitrogen and oxygen atoms in total. The van der Waals surface area contributed by atoms with Gasteiger partial charge in [-0.1, -0.05) is 12.1 Å². The molecule has 0 aliphatic carbocycles. The van der Waals surface area contributed by atoms with E-state index >= 15 is 0 Å². The highest BCUT2D eigenvalue weighted by Gasteiger charge is 2.09. The number of anilines is 1. The third kappa shape index (κ3) is 3.06. The zero-order chi connectivity index (χ0) is 16.4.